The monoisotopic (exact) mass is 436 g/mol. The maximum atomic E-state index is 13.5. The molecule has 1 fully saturated rings. The van der Waals surface area contributed by atoms with Gasteiger partial charge >= 0.3 is 0 Å². The minimum atomic E-state index is -0.950. The van der Waals surface area contributed by atoms with Crippen molar-refractivity contribution in [3.8, 4) is 11.5 Å². The van der Waals surface area contributed by atoms with Crippen molar-refractivity contribution in [1.29, 1.82) is 0 Å². The van der Waals surface area contributed by atoms with E-state index in [0.29, 0.717) is 17.3 Å². The molecule has 1 saturated carbocycles. The van der Waals surface area contributed by atoms with Gasteiger partial charge in [0.15, 0.2) is 23.3 Å². The molecule has 2 amide bonds. The molecule has 8 heteroatoms. The third kappa shape index (κ3) is 4.08. The predicted molar refractivity (Wildman–Crippen MR) is 113 cm³/mol. The zero-order chi connectivity index (χ0) is 21.9. The molecule has 32 heavy (non-hydrogen) atoms. The van der Waals surface area contributed by atoms with Crippen molar-refractivity contribution in [2.45, 2.75) is 44.3 Å². The second kappa shape index (κ2) is 8.82. The van der Waals surface area contributed by atoms with Gasteiger partial charge in [-0.15, -0.1) is 0 Å². The zero-order valence-corrected chi connectivity index (χ0v) is 17.5. The fraction of sp³-hybridized carbons (Fsp3) is 0.333. The molecule has 166 valence electrons. The quantitative estimate of drug-likeness (QED) is 0.601. The third-order valence-corrected chi connectivity index (χ3v) is 5.86. The van der Waals surface area contributed by atoms with Crippen molar-refractivity contribution in [2.75, 3.05) is 6.79 Å². The molecule has 1 aliphatic heterocycles. The van der Waals surface area contributed by atoms with E-state index in [-0.39, 0.29) is 31.0 Å². The number of nitrogens with one attached hydrogen (secondary N) is 1. The van der Waals surface area contributed by atoms with Gasteiger partial charge in [0.25, 0.3) is 11.8 Å². The van der Waals surface area contributed by atoms with Crippen LogP contribution in [0.4, 0.5) is 0 Å². The van der Waals surface area contributed by atoms with Gasteiger partial charge in [0.05, 0.1) is 12.5 Å². The van der Waals surface area contributed by atoms with Gasteiger partial charge in [-0.1, -0.05) is 18.9 Å². The largest absolute Gasteiger partial charge is 0.467 e. The van der Waals surface area contributed by atoms with E-state index in [4.69, 9.17) is 18.3 Å². The molecule has 1 aliphatic carbocycles. The summed E-state index contributed by atoms with van der Waals surface area (Å²) < 4.78 is 21.8. The Balaban J connectivity index is 1.49. The summed E-state index contributed by atoms with van der Waals surface area (Å²) in [5, 5.41) is 3.11. The zero-order valence-electron chi connectivity index (χ0n) is 17.5. The summed E-state index contributed by atoms with van der Waals surface area (Å²) in [6, 6.07) is 11.3. The summed E-state index contributed by atoms with van der Waals surface area (Å²) >= 11 is 0. The molecule has 0 bridgehead atoms. The molecule has 2 aliphatic rings. The normalized spacial score (nSPS) is 16.1. The molecule has 0 saturated heterocycles. The predicted octanol–water partition coefficient (Wildman–Crippen LogP) is 4.04. The van der Waals surface area contributed by atoms with Crippen LogP contribution in [0.3, 0.4) is 0 Å². The Morgan fingerprint density at radius 2 is 1.78 bits per heavy atom. The number of carbonyl (C=O) groups is 2. The van der Waals surface area contributed by atoms with Gasteiger partial charge in [-0.05, 0) is 54.8 Å². The second-order valence-corrected chi connectivity index (χ2v) is 8.01. The molecule has 1 atom stereocenters. The SMILES string of the molecule is O=C(NC1CCCC1)[C@@H](c1ccco1)N(Cc1ccc2c(c1)OCO2)C(=O)c1ccco1. The smallest absolute Gasteiger partial charge is 0.290 e. The van der Waals surface area contributed by atoms with Crippen molar-refractivity contribution < 1.29 is 27.9 Å². The van der Waals surface area contributed by atoms with Gasteiger partial charge in [0.1, 0.15) is 5.76 Å². The van der Waals surface area contributed by atoms with Crippen LogP contribution in [0.25, 0.3) is 0 Å². The molecular formula is C24H24N2O6. The second-order valence-electron chi connectivity index (χ2n) is 8.01. The van der Waals surface area contributed by atoms with Crippen LogP contribution in [0, 0.1) is 0 Å². The molecule has 3 aromatic rings. The van der Waals surface area contributed by atoms with Crippen molar-refractivity contribution in [3.05, 3.63) is 72.1 Å². The first-order chi connectivity index (χ1) is 15.7. The van der Waals surface area contributed by atoms with Crippen LogP contribution >= 0.6 is 0 Å². The van der Waals surface area contributed by atoms with Gasteiger partial charge in [0.2, 0.25) is 6.79 Å². The highest BCUT2D eigenvalue weighted by Gasteiger charge is 2.36. The lowest BCUT2D eigenvalue weighted by molar-refractivity contribution is -0.127. The van der Waals surface area contributed by atoms with Crippen LogP contribution in [-0.2, 0) is 11.3 Å². The van der Waals surface area contributed by atoms with E-state index < -0.39 is 11.9 Å². The van der Waals surface area contributed by atoms with Crippen molar-refractivity contribution >= 4 is 11.8 Å². The maximum Gasteiger partial charge on any atom is 0.290 e. The number of ether oxygens (including phenoxy) is 2. The Bertz CT molecular complexity index is 1070. The molecule has 1 N–H and O–H groups in total. The molecule has 0 spiro atoms. The first-order valence-corrected chi connectivity index (χ1v) is 10.8. The van der Waals surface area contributed by atoms with E-state index in [0.717, 1.165) is 31.2 Å². The highest BCUT2D eigenvalue weighted by atomic mass is 16.7. The lowest BCUT2D eigenvalue weighted by Crippen LogP contribution is -2.45. The van der Waals surface area contributed by atoms with Gasteiger partial charge in [-0.2, -0.15) is 0 Å². The lowest BCUT2D eigenvalue weighted by Gasteiger charge is -2.30. The number of amides is 2. The first kappa shape index (κ1) is 20.2. The van der Waals surface area contributed by atoms with Crippen molar-refractivity contribution in [2.24, 2.45) is 0 Å². The number of rotatable bonds is 7. The number of benzene rings is 1. The number of fused-ring (bicyclic) bond motifs is 1. The van der Waals surface area contributed by atoms with Gasteiger partial charge in [-0.25, -0.2) is 0 Å². The minimum absolute atomic E-state index is 0.103. The van der Waals surface area contributed by atoms with E-state index >= 15 is 0 Å². The van der Waals surface area contributed by atoms with Gasteiger partial charge in [0, 0.05) is 12.6 Å². The number of hydrogen-bond acceptors (Lipinski definition) is 6. The van der Waals surface area contributed by atoms with Crippen LogP contribution in [0.1, 0.15) is 53.6 Å². The fourth-order valence-electron chi connectivity index (χ4n) is 4.28. The summed E-state index contributed by atoms with van der Waals surface area (Å²) in [7, 11) is 0. The Labute approximate surface area is 185 Å². The third-order valence-electron chi connectivity index (χ3n) is 5.86. The Morgan fingerprint density at radius 1 is 1.00 bits per heavy atom. The number of nitrogens with zero attached hydrogens (tertiary/aromatic N) is 1. The molecule has 2 aromatic heterocycles. The topological polar surface area (TPSA) is 94.2 Å². The van der Waals surface area contributed by atoms with Crippen molar-refractivity contribution in [1.82, 2.24) is 10.2 Å². The van der Waals surface area contributed by atoms with Crippen LogP contribution in [-0.4, -0.2) is 29.5 Å². The molecule has 0 radical (unpaired) electrons. The van der Waals surface area contributed by atoms with E-state index in [1.165, 1.54) is 17.4 Å². The Morgan fingerprint density at radius 3 is 2.53 bits per heavy atom. The number of carbonyl (C=O) groups excluding carboxylic acids is 2. The summed E-state index contributed by atoms with van der Waals surface area (Å²) in [5.74, 6) is 1.12. The van der Waals surface area contributed by atoms with E-state index in [2.05, 4.69) is 5.32 Å². The van der Waals surface area contributed by atoms with Gasteiger partial charge in [-0.3, -0.25) is 9.59 Å². The van der Waals surface area contributed by atoms with Crippen LogP contribution in [0.5, 0.6) is 11.5 Å². The van der Waals surface area contributed by atoms with E-state index in [1.54, 1.807) is 30.3 Å². The van der Waals surface area contributed by atoms with Gasteiger partial charge < -0.3 is 28.5 Å². The van der Waals surface area contributed by atoms with Crippen LogP contribution in [0.2, 0.25) is 0 Å². The molecule has 1 aromatic carbocycles. The standard InChI is InChI=1S/C24H24N2O6/c27-23(25-17-5-1-2-6-17)22(19-7-3-11-29-19)26(24(28)20-8-4-12-30-20)14-16-9-10-18-21(13-16)32-15-31-18/h3-4,7-13,17,22H,1-2,5-6,14-15H2,(H,25,27)/t22-/m1/s1. The van der Waals surface area contributed by atoms with E-state index in [9.17, 15) is 9.59 Å². The average molecular weight is 436 g/mol. The Hall–Kier alpha value is -3.68. The molecule has 5 rings (SSSR count). The summed E-state index contributed by atoms with van der Waals surface area (Å²) in [4.78, 5) is 28.4. The average Bonchev–Trinajstić information content (AvgIpc) is 3.61. The number of hydrogen-bond donors (Lipinski definition) is 1. The van der Waals surface area contributed by atoms with Crippen molar-refractivity contribution in [3.63, 3.8) is 0 Å². The fourth-order valence-corrected chi connectivity index (χ4v) is 4.28. The first-order valence-electron chi connectivity index (χ1n) is 10.8. The highest BCUT2D eigenvalue weighted by Crippen LogP contribution is 2.34. The summed E-state index contributed by atoms with van der Waals surface area (Å²) in [5.41, 5.74) is 0.791. The minimum Gasteiger partial charge on any atom is -0.467 e. The Kier molecular flexibility index (Phi) is 5.58. The molecule has 8 nitrogen and oxygen atoms in total. The number of furan rings is 2. The summed E-state index contributed by atoms with van der Waals surface area (Å²) in [6.07, 6.45) is 6.98. The van der Waals surface area contributed by atoms with Crippen LogP contribution < -0.4 is 14.8 Å². The van der Waals surface area contributed by atoms with Crippen LogP contribution in [0.15, 0.2) is 63.8 Å². The molecular weight excluding hydrogens is 412 g/mol. The molecule has 3 heterocycles. The highest BCUT2D eigenvalue weighted by molar-refractivity contribution is 5.95. The molecule has 0 unspecified atom stereocenters. The maximum absolute atomic E-state index is 13.5. The van der Waals surface area contributed by atoms with E-state index in [1.807, 2.05) is 12.1 Å². The summed E-state index contributed by atoms with van der Waals surface area (Å²) in [6.45, 7) is 0.312. The lowest BCUT2D eigenvalue weighted by atomic mass is 10.1.